The summed E-state index contributed by atoms with van der Waals surface area (Å²) in [6, 6.07) is 5.18. The van der Waals surface area contributed by atoms with E-state index in [1.807, 2.05) is 19.0 Å². The van der Waals surface area contributed by atoms with Crippen LogP contribution in [-0.2, 0) is 14.4 Å². The highest BCUT2D eigenvalue weighted by molar-refractivity contribution is 6.42. The van der Waals surface area contributed by atoms with Gasteiger partial charge in [-0.1, -0.05) is 34.4 Å². The fourth-order valence-electron chi connectivity index (χ4n) is 1.59. The lowest BCUT2D eigenvalue weighted by atomic mass is 10.1. The Kier molecular flexibility index (Phi) is 8.24. The molecule has 122 valence electrons. The molecule has 0 saturated heterocycles. The standard InChI is InChI=1S/C15H20Cl2N2O3/c1-19(2)8-9-22-18-14(6-7-15(20)21-3)11-4-5-12(16)13(17)10-11/h4-5,10H,6-9H2,1-3H3/b18-14+. The predicted molar refractivity (Wildman–Crippen MR) is 88.8 cm³/mol. The summed E-state index contributed by atoms with van der Waals surface area (Å²) in [6.07, 6.45) is 0.610. The SMILES string of the molecule is COC(=O)CC/C(=N\OCCN(C)C)c1ccc(Cl)c(Cl)c1. The van der Waals surface area contributed by atoms with Crippen LogP contribution in [0.5, 0.6) is 0 Å². The number of oxime groups is 1. The molecule has 0 atom stereocenters. The zero-order chi connectivity index (χ0) is 16.5. The molecule has 0 fully saturated rings. The van der Waals surface area contributed by atoms with Crippen molar-refractivity contribution in [3.63, 3.8) is 0 Å². The lowest BCUT2D eigenvalue weighted by Gasteiger charge is -2.10. The summed E-state index contributed by atoms with van der Waals surface area (Å²) in [4.78, 5) is 18.6. The number of carbonyl (C=O) groups is 1. The average molecular weight is 347 g/mol. The van der Waals surface area contributed by atoms with Crippen molar-refractivity contribution in [2.24, 2.45) is 5.16 Å². The van der Waals surface area contributed by atoms with Crippen LogP contribution in [-0.4, -0.2) is 50.9 Å². The minimum absolute atomic E-state index is 0.215. The summed E-state index contributed by atoms with van der Waals surface area (Å²) in [6.45, 7) is 1.20. The van der Waals surface area contributed by atoms with Crippen molar-refractivity contribution < 1.29 is 14.4 Å². The van der Waals surface area contributed by atoms with Gasteiger partial charge < -0.3 is 14.5 Å². The van der Waals surface area contributed by atoms with Crippen molar-refractivity contribution in [2.45, 2.75) is 12.8 Å². The molecule has 0 unspecified atom stereocenters. The largest absolute Gasteiger partial charge is 0.469 e. The van der Waals surface area contributed by atoms with Crippen LogP contribution in [0.2, 0.25) is 10.0 Å². The Bertz CT molecular complexity index is 534. The van der Waals surface area contributed by atoms with Gasteiger partial charge in [0.15, 0.2) is 0 Å². The third-order valence-corrected chi connectivity index (χ3v) is 3.59. The van der Waals surface area contributed by atoms with Crippen LogP contribution < -0.4 is 0 Å². The molecule has 1 aromatic carbocycles. The van der Waals surface area contributed by atoms with E-state index < -0.39 is 0 Å². The van der Waals surface area contributed by atoms with Crippen molar-refractivity contribution in [1.29, 1.82) is 0 Å². The molecule has 0 aromatic heterocycles. The maximum atomic E-state index is 11.3. The summed E-state index contributed by atoms with van der Waals surface area (Å²) in [5, 5.41) is 5.02. The van der Waals surface area contributed by atoms with E-state index in [1.54, 1.807) is 18.2 Å². The van der Waals surface area contributed by atoms with Gasteiger partial charge in [0.2, 0.25) is 0 Å². The Balaban J connectivity index is 2.82. The van der Waals surface area contributed by atoms with Crippen molar-refractivity contribution in [3.05, 3.63) is 33.8 Å². The molecule has 0 amide bonds. The summed E-state index contributed by atoms with van der Waals surface area (Å²) >= 11 is 11.9. The molecule has 0 aliphatic heterocycles. The predicted octanol–water partition coefficient (Wildman–Crippen LogP) is 3.23. The van der Waals surface area contributed by atoms with Crippen LogP contribution in [0.25, 0.3) is 0 Å². The van der Waals surface area contributed by atoms with Crippen molar-refractivity contribution in [1.82, 2.24) is 4.90 Å². The van der Waals surface area contributed by atoms with Crippen LogP contribution in [0.1, 0.15) is 18.4 Å². The van der Waals surface area contributed by atoms with Gasteiger partial charge in [-0.25, -0.2) is 0 Å². The number of rotatable bonds is 8. The fraction of sp³-hybridized carbons (Fsp3) is 0.467. The van der Waals surface area contributed by atoms with Crippen LogP contribution in [0.15, 0.2) is 23.4 Å². The monoisotopic (exact) mass is 346 g/mol. The minimum Gasteiger partial charge on any atom is -0.469 e. The van der Waals surface area contributed by atoms with Crippen molar-refractivity contribution in [3.8, 4) is 0 Å². The summed E-state index contributed by atoms with van der Waals surface area (Å²) in [7, 11) is 5.25. The number of esters is 1. The van der Waals surface area contributed by atoms with Gasteiger partial charge in [0.1, 0.15) is 6.61 Å². The van der Waals surface area contributed by atoms with Gasteiger partial charge in [0, 0.05) is 18.5 Å². The van der Waals surface area contributed by atoms with Crippen LogP contribution >= 0.6 is 23.2 Å². The summed E-state index contributed by atoms with van der Waals surface area (Å²) in [5.41, 5.74) is 1.39. The third kappa shape index (κ3) is 6.64. The molecule has 0 aliphatic carbocycles. The van der Waals surface area contributed by atoms with Crippen LogP contribution in [0, 0.1) is 0 Å². The maximum absolute atomic E-state index is 11.3. The van der Waals surface area contributed by atoms with E-state index in [0.29, 0.717) is 28.8 Å². The molecule has 1 rings (SSSR count). The van der Waals surface area contributed by atoms with E-state index in [9.17, 15) is 4.79 Å². The smallest absolute Gasteiger partial charge is 0.305 e. The molecule has 0 aliphatic rings. The van der Waals surface area contributed by atoms with Gasteiger partial charge in [-0.05, 0) is 26.2 Å². The first kappa shape index (κ1) is 18.7. The quantitative estimate of drug-likeness (QED) is 0.314. The first-order valence-corrected chi connectivity index (χ1v) is 7.55. The van der Waals surface area contributed by atoms with Gasteiger partial charge in [-0.2, -0.15) is 0 Å². The van der Waals surface area contributed by atoms with Gasteiger partial charge >= 0.3 is 5.97 Å². The summed E-state index contributed by atoms with van der Waals surface area (Å²) < 4.78 is 4.65. The molecule has 22 heavy (non-hydrogen) atoms. The zero-order valence-corrected chi connectivity index (χ0v) is 14.4. The average Bonchev–Trinajstić information content (AvgIpc) is 2.48. The highest BCUT2D eigenvalue weighted by Gasteiger charge is 2.11. The zero-order valence-electron chi connectivity index (χ0n) is 12.9. The highest BCUT2D eigenvalue weighted by atomic mass is 35.5. The van der Waals surface area contributed by atoms with Crippen molar-refractivity contribution >= 4 is 34.9 Å². The first-order valence-electron chi connectivity index (χ1n) is 6.80. The maximum Gasteiger partial charge on any atom is 0.305 e. The third-order valence-electron chi connectivity index (χ3n) is 2.85. The van der Waals surface area contributed by atoms with Gasteiger partial charge in [-0.15, -0.1) is 0 Å². The normalized spacial score (nSPS) is 11.6. The van der Waals surface area contributed by atoms with Gasteiger partial charge in [0.05, 0.1) is 29.3 Å². The molecule has 0 radical (unpaired) electrons. The molecule has 1 aromatic rings. The van der Waals surface area contributed by atoms with Crippen LogP contribution in [0.3, 0.4) is 0 Å². The number of nitrogens with zero attached hydrogens (tertiary/aromatic N) is 2. The van der Waals surface area contributed by atoms with E-state index in [0.717, 1.165) is 12.1 Å². The van der Waals surface area contributed by atoms with Gasteiger partial charge in [-0.3, -0.25) is 4.79 Å². The second-order valence-electron chi connectivity index (χ2n) is 4.88. The molecular formula is C15H20Cl2N2O3. The van der Waals surface area contributed by atoms with E-state index in [-0.39, 0.29) is 12.4 Å². The lowest BCUT2D eigenvalue weighted by molar-refractivity contribution is -0.140. The number of halogens is 2. The van der Waals surface area contributed by atoms with Gasteiger partial charge in [0.25, 0.3) is 0 Å². The van der Waals surface area contributed by atoms with E-state index >= 15 is 0 Å². The number of ether oxygens (including phenoxy) is 1. The topological polar surface area (TPSA) is 51.1 Å². The molecular weight excluding hydrogens is 327 g/mol. The second kappa shape index (κ2) is 9.66. The number of methoxy groups -OCH3 is 1. The number of carbonyl (C=O) groups excluding carboxylic acids is 1. The molecule has 7 heteroatoms. The molecule has 0 bridgehead atoms. The first-order chi connectivity index (χ1) is 10.4. The Morgan fingerprint density at radius 1 is 1.23 bits per heavy atom. The Morgan fingerprint density at radius 3 is 2.55 bits per heavy atom. The molecule has 0 spiro atoms. The van der Waals surface area contributed by atoms with Crippen molar-refractivity contribution in [2.75, 3.05) is 34.4 Å². The molecule has 0 saturated carbocycles. The number of hydrogen-bond acceptors (Lipinski definition) is 5. The summed E-state index contributed by atoms with van der Waals surface area (Å²) in [5.74, 6) is -0.305. The Labute approximate surface area is 140 Å². The Hall–Kier alpha value is -1.30. The molecule has 0 heterocycles. The van der Waals surface area contributed by atoms with E-state index in [1.165, 1.54) is 7.11 Å². The molecule has 0 N–H and O–H groups in total. The van der Waals surface area contributed by atoms with E-state index in [2.05, 4.69) is 9.89 Å². The Morgan fingerprint density at radius 2 is 1.95 bits per heavy atom. The minimum atomic E-state index is -0.305. The number of likely N-dealkylation sites (N-methyl/N-ethyl adjacent to an activating group) is 1. The lowest BCUT2D eigenvalue weighted by Crippen LogP contribution is -2.17. The second-order valence-corrected chi connectivity index (χ2v) is 5.69. The molecule has 5 nitrogen and oxygen atoms in total. The van der Waals surface area contributed by atoms with Crippen LogP contribution in [0.4, 0.5) is 0 Å². The number of benzene rings is 1. The van der Waals surface area contributed by atoms with E-state index in [4.69, 9.17) is 28.0 Å². The highest BCUT2D eigenvalue weighted by Crippen LogP contribution is 2.23. The fourth-order valence-corrected chi connectivity index (χ4v) is 1.89. The number of hydrogen-bond donors (Lipinski definition) is 0.